The van der Waals surface area contributed by atoms with Gasteiger partial charge in [0.15, 0.2) is 11.5 Å². The van der Waals surface area contributed by atoms with Crippen molar-refractivity contribution in [2.45, 2.75) is 38.8 Å². The first-order chi connectivity index (χ1) is 16.5. The van der Waals surface area contributed by atoms with Gasteiger partial charge in [0.1, 0.15) is 27.3 Å². The number of ether oxygens (including phenoxy) is 1. The topological polar surface area (TPSA) is 89.3 Å². The fourth-order valence-electron chi connectivity index (χ4n) is 4.42. The van der Waals surface area contributed by atoms with Gasteiger partial charge in [-0.2, -0.15) is 0 Å². The van der Waals surface area contributed by atoms with Crippen molar-refractivity contribution in [3.8, 4) is 5.75 Å². The molecule has 4 aromatic heterocycles. The van der Waals surface area contributed by atoms with Gasteiger partial charge in [0.25, 0.3) is 6.43 Å². The molecule has 0 saturated carbocycles. The van der Waals surface area contributed by atoms with E-state index in [4.69, 9.17) is 9.72 Å². The SMILES string of the molecule is CCOc1ccc(C2CC(c3nc4c5sc6nc(C(F)F)cc(C)c6c5ncn4n3)NN2)cc1. The number of hydrogen-bond acceptors (Lipinski definition) is 8. The lowest BCUT2D eigenvalue weighted by Crippen LogP contribution is -2.27. The number of halogens is 2. The number of pyridine rings is 1. The van der Waals surface area contributed by atoms with Gasteiger partial charge < -0.3 is 4.74 Å². The van der Waals surface area contributed by atoms with Crippen molar-refractivity contribution < 1.29 is 13.5 Å². The molecule has 2 atom stereocenters. The molecule has 11 heteroatoms. The Balaban J connectivity index is 1.34. The molecule has 8 nitrogen and oxygen atoms in total. The summed E-state index contributed by atoms with van der Waals surface area (Å²) < 4.78 is 34.4. The number of thiophene rings is 1. The van der Waals surface area contributed by atoms with Gasteiger partial charge in [-0.15, -0.1) is 16.4 Å². The maximum Gasteiger partial charge on any atom is 0.280 e. The molecule has 5 aromatic rings. The molecule has 1 aromatic carbocycles. The van der Waals surface area contributed by atoms with Crippen molar-refractivity contribution in [1.29, 1.82) is 0 Å². The fraction of sp³-hybridized carbons (Fsp3) is 0.304. The highest BCUT2D eigenvalue weighted by Gasteiger charge is 2.30. The summed E-state index contributed by atoms with van der Waals surface area (Å²) in [5, 5.41) is 5.42. The summed E-state index contributed by atoms with van der Waals surface area (Å²) in [5.41, 5.74) is 9.62. The van der Waals surface area contributed by atoms with Gasteiger partial charge in [-0.25, -0.2) is 39.1 Å². The lowest BCUT2D eigenvalue weighted by atomic mass is 10.0. The number of fused-ring (bicyclic) bond motifs is 5. The number of aromatic nitrogens is 5. The number of alkyl halides is 2. The first kappa shape index (κ1) is 21.3. The predicted molar refractivity (Wildman–Crippen MR) is 125 cm³/mol. The number of hydrogen-bond donors (Lipinski definition) is 2. The van der Waals surface area contributed by atoms with E-state index >= 15 is 0 Å². The van der Waals surface area contributed by atoms with Crippen LogP contribution in [0.1, 0.15) is 54.5 Å². The van der Waals surface area contributed by atoms with Crippen molar-refractivity contribution in [1.82, 2.24) is 35.4 Å². The van der Waals surface area contributed by atoms with Gasteiger partial charge in [-0.05, 0) is 49.6 Å². The van der Waals surface area contributed by atoms with Gasteiger partial charge >= 0.3 is 0 Å². The van der Waals surface area contributed by atoms with Crippen molar-refractivity contribution in [2.24, 2.45) is 0 Å². The summed E-state index contributed by atoms with van der Waals surface area (Å²) in [4.78, 5) is 14.0. The van der Waals surface area contributed by atoms with Crippen molar-refractivity contribution in [3.05, 3.63) is 59.3 Å². The minimum Gasteiger partial charge on any atom is -0.494 e. The third-order valence-electron chi connectivity index (χ3n) is 6.03. The minimum atomic E-state index is -2.62. The molecule has 1 saturated heterocycles. The van der Waals surface area contributed by atoms with Crippen LogP contribution in [0.15, 0.2) is 36.7 Å². The molecule has 174 valence electrons. The highest BCUT2D eigenvalue weighted by atomic mass is 32.1. The van der Waals surface area contributed by atoms with E-state index in [1.54, 1.807) is 17.8 Å². The van der Waals surface area contributed by atoms with Crippen LogP contribution in [0, 0.1) is 6.92 Å². The number of hydrazine groups is 1. The molecule has 2 N–H and O–H groups in total. The molecule has 0 radical (unpaired) electrons. The number of rotatable bonds is 5. The normalized spacial score (nSPS) is 18.6. The predicted octanol–water partition coefficient (Wildman–Crippen LogP) is 4.81. The van der Waals surface area contributed by atoms with Crippen LogP contribution in [0.5, 0.6) is 5.75 Å². The van der Waals surface area contributed by atoms with E-state index in [1.165, 1.54) is 17.4 Å². The average molecular weight is 482 g/mol. The van der Waals surface area contributed by atoms with Gasteiger partial charge in [-0.3, -0.25) is 0 Å². The highest BCUT2D eigenvalue weighted by molar-refractivity contribution is 7.26. The Morgan fingerprint density at radius 2 is 1.97 bits per heavy atom. The number of nitrogens with zero attached hydrogens (tertiary/aromatic N) is 5. The van der Waals surface area contributed by atoms with Crippen molar-refractivity contribution in [2.75, 3.05) is 6.61 Å². The van der Waals surface area contributed by atoms with Gasteiger partial charge in [0, 0.05) is 11.4 Å². The molecule has 0 amide bonds. The number of aryl methyl sites for hydroxylation is 1. The third-order valence-corrected chi connectivity index (χ3v) is 7.10. The summed E-state index contributed by atoms with van der Waals surface area (Å²) in [6, 6.07) is 9.48. The molecular formula is C23H21F2N7OS. The largest absolute Gasteiger partial charge is 0.494 e. The molecule has 0 spiro atoms. The van der Waals surface area contributed by atoms with Crippen LogP contribution in [0.25, 0.3) is 26.1 Å². The smallest absolute Gasteiger partial charge is 0.280 e. The Kier molecular flexibility index (Phi) is 5.12. The second-order valence-corrected chi connectivity index (χ2v) is 9.24. The fourth-order valence-corrected chi connectivity index (χ4v) is 5.60. The first-order valence-corrected chi connectivity index (χ1v) is 11.8. The monoisotopic (exact) mass is 481 g/mol. The van der Waals surface area contributed by atoms with Crippen LogP contribution >= 0.6 is 11.3 Å². The highest BCUT2D eigenvalue weighted by Crippen LogP contribution is 2.37. The number of nitrogens with one attached hydrogen (secondary N) is 2. The second kappa shape index (κ2) is 8.19. The molecule has 0 bridgehead atoms. The Morgan fingerprint density at radius 3 is 2.74 bits per heavy atom. The Hall–Kier alpha value is -3.28. The summed E-state index contributed by atoms with van der Waals surface area (Å²) in [6.45, 7) is 4.40. The van der Waals surface area contributed by atoms with Crippen LogP contribution in [-0.4, -0.2) is 31.2 Å². The summed E-state index contributed by atoms with van der Waals surface area (Å²) in [7, 11) is 0. The minimum absolute atomic E-state index is 0.0915. The molecule has 6 rings (SSSR count). The second-order valence-electron chi connectivity index (χ2n) is 8.24. The van der Waals surface area contributed by atoms with Crippen LogP contribution < -0.4 is 15.6 Å². The third kappa shape index (κ3) is 3.47. The van der Waals surface area contributed by atoms with E-state index in [2.05, 4.69) is 38.1 Å². The molecule has 1 aliphatic rings. The molecule has 34 heavy (non-hydrogen) atoms. The molecule has 1 aliphatic heterocycles. The van der Waals surface area contributed by atoms with Crippen LogP contribution in [-0.2, 0) is 0 Å². The Bertz CT molecular complexity index is 1520. The first-order valence-electron chi connectivity index (χ1n) is 11.0. The standard InChI is InChI=1S/C23H21F2N7OS/c1-3-33-13-6-4-12(5-7-13)14-9-16(30-29-14)21-28-22-19-18(26-10-32(22)31-21)17-11(2)8-15(20(24)25)27-23(17)34-19/h4-8,10,14,16,20,29-30H,3,9H2,1-2H3. The maximum absolute atomic E-state index is 13.2. The zero-order chi connectivity index (χ0) is 23.4. The summed E-state index contributed by atoms with van der Waals surface area (Å²) >= 11 is 1.32. The van der Waals surface area contributed by atoms with Crippen LogP contribution in [0.3, 0.4) is 0 Å². The van der Waals surface area contributed by atoms with E-state index in [0.717, 1.165) is 33.4 Å². The Labute approximate surface area is 197 Å². The van der Waals surface area contributed by atoms with Crippen molar-refractivity contribution in [3.63, 3.8) is 0 Å². The quantitative estimate of drug-likeness (QED) is 0.372. The van der Waals surface area contributed by atoms with Gasteiger partial charge in [0.2, 0.25) is 0 Å². The van der Waals surface area contributed by atoms with E-state index in [1.807, 2.05) is 19.1 Å². The molecule has 0 aliphatic carbocycles. The van der Waals surface area contributed by atoms with E-state index in [-0.39, 0.29) is 17.8 Å². The zero-order valence-electron chi connectivity index (χ0n) is 18.4. The maximum atomic E-state index is 13.2. The van der Waals surface area contributed by atoms with Gasteiger partial charge in [-0.1, -0.05) is 12.1 Å². The van der Waals surface area contributed by atoms with Crippen molar-refractivity contribution >= 4 is 37.4 Å². The average Bonchev–Trinajstić information content (AvgIpc) is 3.55. The van der Waals surface area contributed by atoms with Gasteiger partial charge in [0.05, 0.1) is 18.2 Å². The summed E-state index contributed by atoms with van der Waals surface area (Å²) in [6.07, 6.45) is -0.232. The van der Waals surface area contributed by atoms with E-state index in [0.29, 0.717) is 28.4 Å². The lowest BCUT2D eigenvalue weighted by Gasteiger charge is -2.10. The van der Waals surface area contributed by atoms with E-state index in [9.17, 15) is 8.78 Å². The number of benzene rings is 1. The molecule has 1 fully saturated rings. The zero-order valence-corrected chi connectivity index (χ0v) is 19.2. The lowest BCUT2D eigenvalue weighted by molar-refractivity contribution is 0.146. The molecule has 5 heterocycles. The molecule has 2 unspecified atom stereocenters. The summed E-state index contributed by atoms with van der Waals surface area (Å²) in [5.74, 6) is 1.49. The van der Waals surface area contributed by atoms with Crippen LogP contribution in [0.4, 0.5) is 8.78 Å². The van der Waals surface area contributed by atoms with E-state index < -0.39 is 6.43 Å². The Morgan fingerprint density at radius 1 is 1.18 bits per heavy atom. The molecular weight excluding hydrogens is 460 g/mol. The van der Waals surface area contributed by atoms with Crippen LogP contribution in [0.2, 0.25) is 0 Å².